The molecule has 1 aliphatic carbocycles. The van der Waals surface area contributed by atoms with E-state index in [1.54, 1.807) is 0 Å². The fourth-order valence-electron chi connectivity index (χ4n) is 2.59. The minimum absolute atomic E-state index is 0.131. The average molecular weight is 263 g/mol. The van der Waals surface area contributed by atoms with Gasteiger partial charge in [0, 0.05) is 10.9 Å². The summed E-state index contributed by atoms with van der Waals surface area (Å²) in [5.41, 5.74) is 3.92. The summed E-state index contributed by atoms with van der Waals surface area (Å²) < 4.78 is 0. The van der Waals surface area contributed by atoms with E-state index in [0.717, 1.165) is 11.4 Å². The van der Waals surface area contributed by atoms with Crippen molar-refractivity contribution in [1.82, 2.24) is 0 Å². The van der Waals surface area contributed by atoms with Gasteiger partial charge in [-0.05, 0) is 35.2 Å². The Kier molecular flexibility index (Phi) is 2.85. The topological polar surface area (TPSA) is 0 Å². The summed E-state index contributed by atoms with van der Waals surface area (Å²) in [6, 6.07) is 16.5. The molecule has 17 heavy (non-hydrogen) atoms. The molecule has 0 spiro atoms. The van der Waals surface area contributed by atoms with Crippen LogP contribution in [0.15, 0.2) is 48.5 Å². The van der Waals surface area contributed by atoms with E-state index < -0.39 is 0 Å². The quantitative estimate of drug-likeness (QED) is 0.624. The van der Waals surface area contributed by atoms with Crippen molar-refractivity contribution in [2.24, 2.45) is 0 Å². The van der Waals surface area contributed by atoms with Crippen LogP contribution in [0.5, 0.6) is 0 Å². The summed E-state index contributed by atoms with van der Waals surface area (Å²) in [5, 5.41) is 0.911. The third-order valence-corrected chi connectivity index (χ3v) is 4.09. The van der Waals surface area contributed by atoms with Crippen LogP contribution in [0, 0.1) is 0 Å². The second-order valence-corrected chi connectivity index (χ2v) is 5.40. The van der Waals surface area contributed by atoms with Crippen LogP contribution in [0.4, 0.5) is 0 Å². The van der Waals surface area contributed by atoms with Gasteiger partial charge >= 0.3 is 0 Å². The summed E-state index contributed by atoms with van der Waals surface area (Å²) in [6.45, 7) is 0. The van der Waals surface area contributed by atoms with Crippen molar-refractivity contribution < 1.29 is 0 Å². The predicted molar refractivity (Wildman–Crippen MR) is 72.9 cm³/mol. The van der Waals surface area contributed by atoms with Gasteiger partial charge in [-0.1, -0.05) is 48.0 Å². The molecule has 3 rings (SSSR count). The van der Waals surface area contributed by atoms with Gasteiger partial charge in [0.05, 0.1) is 5.38 Å². The van der Waals surface area contributed by atoms with Crippen molar-refractivity contribution in [2.75, 3.05) is 0 Å². The van der Waals surface area contributed by atoms with Gasteiger partial charge in [0.2, 0.25) is 0 Å². The molecule has 0 bridgehead atoms. The number of fused-ring (bicyclic) bond motifs is 1. The van der Waals surface area contributed by atoms with Crippen molar-refractivity contribution in [1.29, 1.82) is 0 Å². The summed E-state index contributed by atoms with van der Waals surface area (Å²) >= 11 is 12.3. The molecule has 0 nitrogen and oxygen atoms in total. The number of benzene rings is 2. The fraction of sp³-hybridized carbons (Fsp3) is 0.200. The zero-order valence-electron chi connectivity index (χ0n) is 9.24. The molecule has 0 heterocycles. The Hall–Kier alpha value is -0.980. The minimum Gasteiger partial charge on any atom is -0.118 e. The van der Waals surface area contributed by atoms with Gasteiger partial charge in [0.1, 0.15) is 0 Å². The molecule has 2 aromatic rings. The van der Waals surface area contributed by atoms with Crippen LogP contribution in [0.2, 0.25) is 5.02 Å². The van der Waals surface area contributed by atoms with Gasteiger partial charge in [-0.15, -0.1) is 11.6 Å². The Bertz CT molecular complexity index is 531. The highest BCUT2D eigenvalue weighted by Gasteiger charge is 2.29. The normalized spacial score (nSPS) is 22.5. The lowest BCUT2D eigenvalue weighted by Crippen LogP contribution is -1.95. The van der Waals surface area contributed by atoms with E-state index in [1.165, 1.54) is 16.7 Å². The molecule has 2 heteroatoms. The number of alkyl halides is 1. The number of halogens is 2. The summed E-state index contributed by atoms with van der Waals surface area (Å²) in [7, 11) is 0. The average Bonchev–Trinajstić information content (AvgIpc) is 2.69. The lowest BCUT2D eigenvalue weighted by molar-refractivity contribution is 0.771. The third-order valence-electron chi connectivity index (χ3n) is 3.42. The van der Waals surface area contributed by atoms with E-state index in [4.69, 9.17) is 23.2 Å². The Morgan fingerprint density at radius 2 is 1.53 bits per heavy atom. The molecule has 0 aromatic heterocycles. The van der Waals surface area contributed by atoms with Crippen LogP contribution in [-0.4, -0.2) is 0 Å². The van der Waals surface area contributed by atoms with Crippen LogP contribution >= 0.6 is 23.2 Å². The third kappa shape index (κ3) is 1.96. The Balaban J connectivity index is 2.04. The highest BCUT2D eigenvalue weighted by molar-refractivity contribution is 6.30. The molecule has 1 aliphatic rings. The lowest BCUT2D eigenvalue weighted by atomic mass is 9.93. The standard InChI is InChI=1S/C15H12Cl2/c16-11-7-5-10(6-8-11)14-9-15(17)13-4-2-1-3-12(13)14/h1-8,14-15H,9H2/t14-,15+/m0/s1. The molecule has 0 aliphatic heterocycles. The molecule has 0 radical (unpaired) electrons. The van der Waals surface area contributed by atoms with Crippen molar-refractivity contribution in [3.8, 4) is 0 Å². The van der Waals surface area contributed by atoms with Gasteiger partial charge in [-0.3, -0.25) is 0 Å². The molecule has 0 fully saturated rings. The van der Waals surface area contributed by atoms with Crippen LogP contribution < -0.4 is 0 Å². The maximum atomic E-state index is 6.39. The largest absolute Gasteiger partial charge is 0.118 e. The van der Waals surface area contributed by atoms with E-state index in [-0.39, 0.29) is 5.38 Å². The van der Waals surface area contributed by atoms with Crippen LogP contribution in [0.1, 0.15) is 34.4 Å². The summed E-state index contributed by atoms with van der Waals surface area (Å²) in [5.74, 6) is 0.408. The predicted octanol–water partition coefficient (Wildman–Crippen LogP) is 5.16. The van der Waals surface area contributed by atoms with Gasteiger partial charge < -0.3 is 0 Å². The Morgan fingerprint density at radius 3 is 2.24 bits per heavy atom. The highest BCUT2D eigenvalue weighted by Crippen LogP contribution is 2.46. The van der Waals surface area contributed by atoms with Crippen molar-refractivity contribution in [3.05, 3.63) is 70.2 Å². The van der Waals surface area contributed by atoms with Crippen LogP contribution in [-0.2, 0) is 0 Å². The minimum atomic E-state index is 0.131. The SMILES string of the molecule is Clc1ccc([C@@H]2C[C@@H](Cl)c3ccccc32)cc1. The van der Waals surface area contributed by atoms with Gasteiger partial charge in [-0.2, -0.15) is 0 Å². The molecule has 0 saturated heterocycles. The monoisotopic (exact) mass is 262 g/mol. The first-order chi connectivity index (χ1) is 8.25. The molecule has 0 saturated carbocycles. The molecule has 86 valence electrons. The first-order valence-electron chi connectivity index (χ1n) is 5.74. The molecule has 2 aromatic carbocycles. The van der Waals surface area contributed by atoms with Crippen molar-refractivity contribution in [3.63, 3.8) is 0 Å². The number of rotatable bonds is 1. The maximum Gasteiger partial charge on any atom is 0.0597 e. The van der Waals surface area contributed by atoms with E-state index in [1.807, 2.05) is 12.1 Å². The van der Waals surface area contributed by atoms with Crippen LogP contribution in [0.25, 0.3) is 0 Å². The van der Waals surface area contributed by atoms with E-state index in [9.17, 15) is 0 Å². The van der Waals surface area contributed by atoms with Gasteiger partial charge in [-0.25, -0.2) is 0 Å². The van der Waals surface area contributed by atoms with E-state index >= 15 is 0 Å². The zero-order chi connectivity index (χ0) is 11.8. The van der Waals surface area contributed by atoms with E-state index in [2.05, 4.69) is 36.4 Å². The highest BCUT2D eigenvalue weighted by atomic mass is 35.5. The first-order valence-corrected chi connectivity index (χ1v) is 6.55. The van der Waals surface area contributed by atoms with Gasteiger partial charge in [0.25, 0.3) is 0 Å². The molecule has 0 unspecified atom stereocenters. The Labute approximate surface area is 111 Å². The number of hydrogen-bond acceptors (Lipinski definition) is 0. The maximum absolute atomic E-state index is 6.39. The van der Waals surface area contributed by atoms with Gasteiger partial charge in [0.15, 0.2) is 0 Å². The first kappa shape index (κ1) is 11.1. The smallest absolute Gasteiger partial charge is 0.0597 e. The van der Waals surface area contributed by atoms with Crippen LogP contribution in [0.3, 0.4) is 0 Å². The Morgan fingerprint density at radius 1 is 0.882 bits per heavy atom. The molecular formula is C15H12Cl2. The molecule has 0 N–H and O–H groups in total. The number of hydrogen-bond donors (Lipinski definition) is 0. The van der Waals surface area contributed by atoms with Crippen molar-refractivity contribution in [2.45, 2.75) is 17.7 Å². The second kappa shape index (κ2) is 4.36. The second-order valence-electron chi connectivity index (χ2n) is 4.44. The molecule has 2 atom stereocenters. The lowest BCUT2D eigenvalue weighted by Gasteiger charge is -2.11. The zero-order valence-corrected chi connectivity index (χ0v) is 10.7. The summed E-state index contributed by atoms with van der Waals surface area (Å²) in [4.78, 5) is 0. The summed E-state index contributed by atoms with van der Waals surface area (Å²) in [6.07, 6.45) is 0.975. The molecular weight excluding hydrogens is 251 g/mol. The van der Waals surface area contributed by atoms with Crippen molar-refractivity contribution >= 4 is 23.2 Å². The molecule has 0 amide bonds. The fourth-order valence-corrected chi connectivity index (χ4v) is 3.09. The van der Waals surface area contributed by atoms with E-state index in [0.29, 0.717) is 5.92 Å².